The molecular weight excluding hydrogens is 228 g/mol. The summed E-state index contributed by atoms with van der Waals surface area (Å²) >= 11 is 6.22. The predicted molar refractivity (Wildman–Crippen MR) is 62.2 cm³/mol. The molecule has 2 rings (SSSR count). The van der Waals surface area contributed by atoms with Gasteiger partial charge >= 0.3 is 0 Å². The Hall–Kier alpha value is -0.770. The van der Waals surface area contributed by atoms with E-state index in [1.807, 2.05) is 12.1 Å². The van der Waals surface area contributed by atoms with E-state index in [1.54, 1.807) is 13.2 Å². The molecule has 1 heterocycles. The first-order valence-electron chi connectivity index (χ1n) is 5.24. The summed E-state index contributed by atoms with van der Waals surface area (Å²) in [7, 11) is 1.61. The van der Waals surface area contributed by atoms with Crippen molar-refractivity contribution in [2.24, 2.45) is 0 Å². The Balaban J connectivity index is 2.31. The summed E-state index contributed by atoms with van der Waals surface area (Å²) in [6.45, 7) is 1.39. The van der Waals surface area contributed by atoms with Gasteiger partial charge in [0.05, 0.1) is 20.3 Å². The lowest BCUT2D eigenvalue weighted by molar-refractivity contribution is -0.0700. The van der Waals surface area contributed by atoms with Crippen LogP contribution in [0.3, 0.4) is 0 Å². The van der Waals surface area contributed by atoms with E-state index < -0.39 is 0 Å². The molecule has 88 valence electrons. The van der Waals surface area contributed by atoms with E-state index in [9.17, 15) is 0 Å². The van der Waals surface area contributed by atoms with Crippen LogP contribution in [0.15, 0.2) is 18.2 Å². The van der Waals surface area contributed by atoms with Gasteiger partial charge in [-0.1, -0.05) is 17.7 Å². The fourth-order valence-electron chi connectivity index (χ4n) is 2.05. The molecule has 1 N–H and O–H groups in total. The molecule has 1 saturated heterocycles. The number of benzene rings is 1. The van der Waals surface area contributed by atoms with Gasteiger partial charge in [0.25, 0.3) is 0 Å². The second-order valence-corrected chi connectivity index (χ2v) is 4.50. The molecule has 0 unspecified atom stereocenters. The van der Waals surface area contributed by atoms with E-state index in [0.29, 0.717) is 24.7 Å². The van der Waals surface area contributed by atoms with Crippen LogP contribution in [0.4, 0.5) is 0 Å². The summed E-state index contributed by atoms with van der Waals surface area (Å²) in [5.41, 5.74) is 0.924. The van der Waals surface area contributed by atoms with E-state index in [1.165, 1.54) is 0 Å². The number of rotatable bonds is 4. The number of aliphatic hydroxyl groups excluding tert-OH is 1. The number of hydrogen-bond acceptors (Lipinski definition) is 3. The fourth-order valence-corrected chi connectivity index (χ4v) is 2.42. The molecule has 0 saturated carbocycles. The van der Waals surface area contributed by atoms with E-state index in [2.05, 4.69) is 0 Å². The fraction of sp³-hybridized carbons (Fsp3) is 0.500. The lowest BCUT2D eigenvalue weighted by atomic mass is 9.76. The molecule has 1 aromatic carbocycles. The van der Waals surface area contributed by atoms with Crippen LogP contribution in [0.5, 0.6) is 5.75 Å². The Morgan fingerprint density at radius 3 is 2.69 bits per heavy atom. The highest BCUT2D eigenvalue weighted by Crippen LogP contribution is 2.40. The van der Waals surface area contributed by atoms with Crippen LogP contribution >= 0.6 is 11.6 Å². The average Bonchev–Trinajstić information content (AvgIpc) is 2.24. The molecule has 0 aliphatic carbocycles. The van der Waals surface area contributed by atoms with Crippen molar-refractivity contribution >= 4 is 11.6 Å². The summed E-state index contributed by atoms with van der Waals surface area (Å²) < 4.78 is 10.4. The third kappa shape index (κ3) is 1.90. The summed E-state index contributed by atoms with van der Waals surface area (Å²) in [4.78, 5) is 0. The molecular formula is C12H15ClO3. The highest BCUT2D eigenvalue weighted by Gasteiger charge is 2.41. The first-order chi connectivity index (χ1) is 7.72. The normalized spacial score (nSPS) is 17.9. The van der Waals surface area contributed by atoms with Crippen LogP contribution in [0.25, 0.3) is 0 Å². The summed E-state index contributed by atoms with van der Waals surface area (Å²) in [6.07, 6.45) is 0.680. The monoisotopic (exact) mass is 242 g/mol. The van der Waals surface area contributed by atoms with Gasteiger partial charge in [0.15, 0.2) is 0 Å². The van der Waals surface area contributed by atoms with Gasteiger partial charge in [-0.05, 0) is 24.1 Å². The first kappa shape index (κ1) is 11.7. The van der Waals surface area contributed by atoms with Gasteiger partial charge in [0, 0.05) is 17.0 Å². The molecule has 0 aromatic heterocycles. The van der Waals surface area contributed by atoms with E-state index in [0.717, 1.165) is 11.3 Å². The SMILES string of the molecule is COc1ccc(C2(CCO)COC2)c(Cl)c1. The number of hydrogen-bond donors (Lipinski definition) is 1. The molecule has 3 nitrogen and oxygen atoms in total. The lowest BCUT2D eigenvalue weighted by Gasteiger charge is -2.42. The van der Waals surface area contributed by atoms with Crippen LogP contribution < -0.4 is 4.74 Å². The van der Waals surface area contributed by atoms with Crippen molar-refractivity contribution in [2.45, 2.75) is 11.8 Å². The molecule has 0 amide bonds. The van der Waals surface area contributed by atoms with Gasteiger partial charge in [-0.25, -0.2) is 0 Å². The molecule has 1 aliphatic rings. The maximum absolute atomic E-state index is 9.10. The standard InChI is InChI=1S/C12H15ClO3/c1-15-9-2-3-10(11(13)6-9)12(4-5-14)7-16-8-12/h2-3,6,14H,4-5,7-8H2,1H3. The minimum Gasteiger partial charge on any atom is -0.497 e. The molecule has 1 aliphatic heterocycles. The zero-order valence-electron chi connectivity index (χ0n) is 9.20. The number of halogens is 1. The lowest BCUT2D eigenvalue weighted by Crippen LogP contribution is -2.47. The molecule has 16 heavy (non-hydrogen) atoms. The Kier molecular flexibility index (Phi) is 3.38. The van der Waals surface area contributed by atoms with Gasteiger partial charge in [0.1, 0.15) is 5.75 Å². The third-order valence-corrected chi connectivity index (χ3v) is 3.41. The van der Waals surface area contributed by atoms with Gasteiger partial charge in [-0.2, -0.15) is 0 Å². The topological polar surface area (TPSA) is 38.7 Å². The zero-order chi connectivity index (χ0) is 11.6. The molecule has 1 aromatic rings. The molecule has 0 spiro atoms. The number of ether oxygens (including phenoxy) is 2. The van der Waals surface area contributed by atoms with Gasteiger partial charge in [-0.15, -0.1) is 0 Å². The molecule has 0 bridgehead atoms. The smallest absolute Gasteiger partial charge is 0.120 e. The molecule has 4 heteroatoms. The summed E-state index contributed by atoms with van der Waals surface area (Å²) in [5.74, 6) is 0.744. The third-order valence-electron chi connectivity index (χ3n) is 3.09. The Bertz CT molecular complexity index is 375. The number of aliphatic hydroxyl groups is 1. The minimum atomic E-state index is -0.113. The van der Waals surface area contributed by atoms with Crippen molar-refractivity contribution in [1.82, 2.24) is 0 Å². The van der Waals surface area contributed by atoms with Crippen LogP contribution in [0, 0.1) is 0 Å². The van der Waals surface area contributed by atoms with Crippen LogP contribution in [0.1, 0.15) is 12.0 Å². The highest BCUT2D eigenvalue weighted by molar-refractivity contribution is 6.31. The van der Waals surface area contributed by atoms with Crippen molar-refractivity contribution in [1.29, 1.82) is 0 Å². The van der Waals surface area contributed by atoms with Crippen LogP contribution in [0.2, 0.25) is 5.02 Å². The van der Waals surface area contributed by atoms with E-state index >= 15 is 0 Å². The van der Waals surface area contributed by atoms with Crippen molar-refractivity contribution in [3.05, 3.63) is 28.8 Å². The largest absolute Gasteiger partial charge is 0.497 e. The van der Waals surface area contributed by atoms with E-state index in [-0.39, 0.29) is 12.0 Å². The van der Waals surface area contributed by atoms with Crippen molar-refractivity contribution < 1.29 is 14.6 Å². The van der Waals surface area contributed by atoms with Crippen LogP contribution in [-0.4, -0.2) is 32.0 Å². The van der Waals surface area contributed by atoms with Gasteiger partial charge < -0.3 is 14.6 Å². The maximum atomic E-state index is 9.10. The van der Waals surface area contributed by atoms with Crippen LogP contribution in [-0.2, 0) is 10.2 Å². The zero-order valence-corrected chi connectivity index (χ0v) is 9.96. The maximum Gasteiger partial charge on any atom is 0.120 e. The molecule has 1 fully saturated rings. The summed E-state index contributed by atoms with van der Waals surface area (Å²) in [6, 6.07) is 5.65. The predicted octanol–water partition coefficient (Wildman–Crippen LogP) is 2.00. The average molecular weight is 243 g/mol. The van der Waals surface area contributed by atoms with Gasteiger partial charge in [-0.3, -0.25) is 0 Å². The van der Waals surface area contributed by atoms with E-state index in [4.69, 9.17) is 26.2 Å². The Morgan fingerprint density at radius 1 is 1.50 bits per heavy atom. The minimum absolute atomic E-state index is 0.113. The Morgan fingerprint density at radius 2 is 2.25 bits per heavy atom. The number of methoxy groups -OCH3 is 1. The molecule has 0 atom stereocenters. The van der Waals surface area contributed by atoms with Crippen molar-refractivity contribution in [3.8, 4) is 5.75 Å². The highest BCUT2D eigenvalue weighted by atomic mass is 35.5. The Labute approximate surface area is 99.9 Å². The quantitative estimate of drug-likeness (QED) is 0.878. The first-order valence-corrected chi connectivity index (χ1v) is 5.62. The second kappa shape index (κ2) is 4.62. The van der Waals surface area contributed by atoms with Gasteiger partial charge in [0.2, 0.25) is 0 Å². The van der Waals surface area contributed by atoms with Crippen molar-refractivity contribution in [3.63, 3.8) is 0 Å². The molecule has 0 radical (unpaired) electrons. The second-order valence-electron chi connectivity index (χ2n) is 4.09. The summed E-state index contributed by atoms with van der Waals surface area (Å²) in [5, 5.41) is 9.77. The van der Waals surface area contributed by atoms with Crippen molar-refractivity contribution in [2.75, 3.05) is 26.9 Å².